The lowest BCUT2D eigenvalue weighted by molar-refractivity contribution is 0.118. The van der Waals surface area contributed by atoms with Crippen LogP contribution >= 0.6 is 0 Å². The van der Waals surface area contributed by atoms with Crippen LogP contribution in [0.1, 0.15) is 33.1 Å². The van der Waals surface area contributed by atoms with E-state index < -0.39 is 10.0 Å². The number of sulfonamides is 1. The van der Waals surface area contributed by atoms with E-state index in [1.54, 1.807) is 11.4 Å². The summed E-state index contributed by atoms with van der Waals surface area (Å²) in [5, 5.41) is 0. The molecular weight excluding hydrogens is 226 g/mol. The van der Waals surface area contributed by atoms with Crippen LogP contribution in [0, 0.1) is 5.92 Å². The molecule has 0 bridgehead atoms. The minimum atomic E-state index is -3.00. The molecule has 4 nitrogen and oxygen atoms in total. The number of ether oxygens (including phenoxy) is 1. The van der Waals surface area contributed by atoms with Crippen LogP contribution in [0.3, 0.4) is 0 Å². The highest BCUT2D eigenvalue weighted by molar-refractivity contribution is 7.88. The topological polar surface area (TPSA) is 46.6 Å². The summed E-state index contributed by atoms with van der Waals surface area (Å²) in [6.45, 7) is 6.19. The van der Waals surface area contributed by atoms with Gasteiger partial charge in [-0.25, -0.2) is 12.7 Å². The highest BCUT2D eigenvalue weighted by Gasteiger charge is 2.25. The smallest absolute Gasteiger partial charge is 0.211 e. The molecule has 0 radical (unpaired) electrons. The Balaban J connectivity index is 0.000000673. The summed E-state index contributed by atoms with van der Waals surface area (Å²) in [5.41, 5.74) is 0. The van der Waals surface area contributed by atoms with E-state index in [0.717, 1.165) is 12.8 Å². The normalized spacial score (nSPS) is 22.4. The summed E-state index contributed by atoms with van der Waals surface area (Å²) in [6, 6.07) is 0. The molecule has 1 heterocycles. The first-order chi connectivity index (χ1) is 7.45. The van der Waals surface area contributed by atoms with Crippen molar-refractivity contribution in [3.05, 3.63) is 0 Å². The molecule has 0 aliphatic carbocycles. The van der Waals surface area contributed by atoms with Gasteiger partial charge in [-0.1, -0.05) is 20.3 Å². The van der Waals surface area contributed by atoms with E-state index in [1.807, 2.05) is 0 Å². The van der Waals surface area contributed by atoms with Crippen molar-refractivity contribution in [2.24, 2.45) is 5.92 Å². The van der Waals surface area contributed by atoms with E-state index in [2.05, 4.69) is 13.8 Å². The highest BCUT2D eigenvalue weighted by Crippen LogP contribution is 2.18. The third-order valence-electron chi connectivity index (χ3n) is 2.35. The van der Waals surface area contributed by atoms with E-state index in [1.165, 1.54) is 12.7 Å². The zero-order valence-corrected chi connectivity index (χ0v) is 11.7. The molecule has 1 saturated heterocycles. The van der Waals surface area contributed by atoms with Gasteiger partial charge in [0.25, 0.3) is 0 Å². The fraction of sp³-hybridized carbons (Fsp3) is 1.00. The molecular formula is C11H25NO3S. The van der Waals surface area contributed by atoms with Crippen molar-refractivity contribution in [1.29, 1.82) is 0 Å². The van der Waals surface area contributed by atoms with E-state index in [9.17, 15) is 8.42 Å². The van der Waals surface area contributed by atoms with Gasteiger partial charge >= 0.3 is 0 Å². The molecule has 0 aromatic rings. The van der Waals surface area contributed by atoms with Crippen LogP contribution < -0.4 is 0 Å². The zero-order valence-electron chi connectivity index (χ0n) is 10.9. The fourth-order valence-corrected chi connectivity index (χ4v) is 2.64. The molecule has 5 heteroatoms. The number of hydrogen-bond donors (Lipinski definition) is 0. The van der Waals surface area contributed by atoms with Crippen LogP contribution in [0.25, 0.3) is 0 Å². The zero-order chi connectivity index (χ0) is 12.6. The SMILES string of the molecule is CCC.COCC1CCCN(S(C)(=O)=O)C1. The maximum absolute atomic E-state index is 11.2. The van der Waals surface area contributed by atoms with Crippen LogP contribution in [0.15, 0.2) is 0 Å². The monoisotopic (exact) mass is 251 g/mol. The summed E-state index contributed by atoms with van der Waals surface area (Å²) in [6.07, 6.45) is 4.53. The average Bonchev–Trinajstić information content (AvgIpc) is 2.18. The van der Waals surface area contributed by atoms with Gasteiger partial charge in [0, 0.05) is 20.2 Å². The van der Waals surface area contributed by atoms with Crippen molar-refractivity contribution in [3.8, 4) is 0 Å². The lowest BCUT2D eigenvalue weighted by atomic mass is 10.0. The second kappa shape index (κ2) is 8.03. The van der Waals surface area contributed by atoms with Crippen LogP contribution in [-0.4, -0.2) is 45.8 Å². The Kier molecular flexibility index (Phi) is 7.97. The van der Waals surface area contributed by atoms with Crippen molar-refractivity contribution in [1.82, 2.24) is 4.31 Å². The summed E-state index contributed by atoms with van der Waals surface area (Å²) in [5.74, 6) is 0.369. The van der Waals surface area contributed by atoms with Gasteiger partial charge in [0.2, 0.25) is 10.0 Å². The third kappa shape index (κ3) is 6.45. The van der Waals surface area contributed by atoms with Gasteiger partial charge in [-0.15, -0.1) is 0 Å². The van der Waals surface area contributed by atoms with E-state index in [4.69, 9.17) is 4.74 Å². The third-order valence-corrected chi connectivity index (χ3v) is 3.62. The number of methoxy groups -OCH3 is 1. The van der Waals surface area contributed by atoms with Crippen LogP contribution in [-0.2, 0) is 14.8 Å². The first-order valence-corrected chi connectivity index (χ1v) is 7.74. The predicted molar refractivity (Wildman–Crippen MR) is 67.0 cm³/mol. The fourth-order valence-electron chi connectivity index (χ4n) is 1.70. The summed E-state index contributed by atoms with van der Waals surface area (Å²) >= 11 is 0. The van der Waals surface area contributed by atoms with Gasteiger partial charge in [0.05, 0.1) is 12.9 Å². The van der Waals surface area contributed by atoms with E-state index in [0.29, 0.717) is 25.6 Å². The van der Waals surface area contributed by atoms with Gasteiger partial charge < -0.3 is 4.74 Å². The van der Waals surface area contributed by atoms with Crippen molar-refractivity contribution >= 4 is 10.0 Å². The molecule has 0 spiro atoms. The number of piperidine rings is 1. The van der Waals surface area contributed by atoms with Crippen LogP contribution in [0.4, 0.5) is 0 Å². The summed E-state index contributed by atoms with van der Waals surface area (Å²) in [7, 11) is -1.35. The number of rotatable bonds is 3. The molecule has 1 aliphatic rings. The molecule has 0 saturated carbocycles. The van der Waals surface area contributed by atoms with Crippen LogP contribution in [0.2, 0.25) is 0 Å². The van der Waals surface area contributed by atoms with Gasteiger partial charge in [-0.3, -0.25) is 0 Å². The Morgan fingerprint density at radius 1 is 1.38 bits per heavy atom. The lowest BCUT2D eigenvalue weighted by Crippen LogP contribution is -2.40. The van der Waals surface area contributed by atoms with Gasteiger partial charge in [0.15, 0.2) is 0 Å². The second-order valence-corrected chi connectivity index (χ2v) is 6.27. The molecule has 0 aromatic heterocycles. The van der Waals surface area contributed by atoms with E-state index in [-0.39, 0.29) is 0 Å². The summed E-state index contributed by atoms with van der Waals surface area (Å²) in [4.78, 5) is 0. The standard InChI is InChI=1S/C8H17NO3S.C3H8/c1-12-7-8-4-3-5-9(6-8)13(2,10)11;1-3-2/h8H,3-7H2,1-2H3;3H2,1-2H3. The maximum atomic E-state index is 11.2. The van der Waals surface area contributed by atoms with Crippen molar-refractivity contribution < 1.29 is 13.2 Å². The Morgan fingerprint density at radius 2 is 1.94 bits per heavy atom. The van der Waals surface area contributed by atoms with Gasteiger partial charge in [0.1, 0.15) is 0 Å². The molecule has 16 heavy (non-hydrogen) atoms. The first kappa shape index (κ1) is 15.9. The molecule has 0 aromatic carbocycles. The molecule has 98 valence electrons. The number of hydrogen-bond acceptors (Lipinski definition) is 3. The minimum Gasteiger partial charge on any atom is -0.384 e. The highest BCUT2D eigenvalue weighted by atomic mass is 32.2. The van der Waals surface area contributed by atoms with Crippen LogP contribution in [0.5, 0.6) is 0 Å². The van der Waals surface area contributed by atoms with Gasteiger partial charge in [-0.05, 0) is 18.8 Å². The maximum Gasteiger partial charge on any atom is 0.211 e. The first-order valence-electron chi connectivity index (χ1n) is 5.89. The van der Waals surface area contributed by atoms with Crippen molar-refractivity contribution in [3.63, 3.8) is 0 Å². The van der Waals surface area contributed by atoms with Gasteiger partial charge in [-0.2, -0.15) is 0 Å². The Labute approximate surface area is 100 Å². The molecule has 0 N–H and O–H groups in total. The van der Waals surface area contributed by atoms with Crippen molar-refractivity contribution in [2.75, 3.05) is 33.1 Å². The molecule has 1 unspecified atom stereocenters. The predicted octanol–water partition coefficient (Wildman–Crippen LogP) is 1.72. The second-order valence-electron chi connectivity index (χ2n) is 4.29. The molecule has 0 amide bonds. The summed E-state index contributed by atoms with van der Waals surface area (Å²) < 4.78 is 29.0. The molecule has 1 rings (SSSR count). The molecule has 1 atom stereocenters. The lowest BCUT2D eigenvalue weighted by Gasteiger charge is -2.30. The Morgan fingerprint density at radius 3 is 2.38 bits per heavy atom. The average molecular weight is 251 g/mol. The quantitative estimate of drug-likeness (QED) is 0.767. The minimum absolute atomic E-state index is 0.369. The largest absolute Gasteiger partial charge is 0.384 e. The number of nitrogens with zero attached hydrogens (tertiary/aromatic N) is 1. The Hall–Kier alpha value is -0.130. The van der Waals surface area contributed by atoms with E-state index >= 15 is 0 Å². The molecule has 1 aliphatic heterocycles. The Bertz CT molecular complexity index is 262. The van der Waals surface area contributed by atoms with Crippen molar-refractivity contribution in [2.45, 2.75) is 33.1 Å². The molecule has 1 fully saturated rings.